The van der Waals surface area contributed by atoms with Gasteiger partial charge in [-0.1, -0.05) is 26.8 Å². The average molecular weight is 265 g/mol. The molecule has 19 heavy (non-hydrogen) atoms. The van der Waals surface area contributed by atoms with Crippen molar-refractivity contribution in [1.29, 1.82) is 0 Å². The number of aliphatic hydroxyl groups is 1. The van der Waals surface area contributed by atoms with Crippen LogP contribution in [0.4, 0.5) is 0 Å². The van der Waals surface area contributed by atoms with Crippen LogP contribution in [-0.2, 0) is 0 Å². The van der Waals surface area contributed by atoms with Gasteiger partial charge in [0, 0.05) is 0 Å². The number of ether oxygens (including phenoxy) is 1. The molecule has 3 heteroatoms. The molecule has 0 spiro atoms. The van der Waals surface area contributed by atoms with E-state index < -0.39 is 0 Å². The van der Waals surface area contributed by atoms with Crippen LogP contribution >= 0.6 is 0 Å². The van der Waals surface area contributed by atoms with Crippen LogP contribution < -0.4 is 10.1 Å². The lowest BCUT2D eigenvalue weighted by Crippen LogP contribution is -2.50. The monoisotopic (exact) mass is 265 g/mol. The summed E-state index contributed by atoms with van der Waals surface area (Å²) < 4.78 is 5.81. The van der Waals surface area contributed by atoms with Gasteiger partial charge in [-0.3, -0.25) is 0 Å². The van der Waals surface area contributed by atoms with E-state index in [4.69, 9.17) is 4.74 Å². The Hall–Kier alpha value is -1.06. The quantitative estimate of drug-likeness (QED) is 0.796. The van der Waals surface area contributed by atoms with Gasteiger partial charge in [-0.2, -0.15) is 0 Å². The van der Waals surface area contributed by atoms with Crippen molar-refractivity contribution in [2.45, 2.75) is 46.1 Å². The number of nitrogens with one attached hydrogen (secondary N) is 1. The van der Waals surface area contributed by atoms with Crippen LogP contribution in [0.3, 0.4) is 0 Å². The van der Waals surface area contributed by atoms with E-state index in [2.05, 4.69) is 38.2 Å². The van der Waals surface area contributed by atoms with E-state index in [1.54, 1.807) is 0 Å². The zero-order chi connectivity index (χ0) is 14.5. The largest absolute Gasteiger partial charge is 0.492 e. The Kier molecular flexibility index (Phi) is 5.83. The van der Waals surface area contributed by atoms with E-state index in [1.165, 1.54) is 11.1 Å². The van der Waals surface area contributed by atoms with E-state index >= 15 is 0 Å². The second kappa shape index (κ2) is 6.92. The maximum atomic E-state index is 9.42. The van der Waals surface area contributed by atoms with E-state index in [-0.39, 0.29) is 12.1 Å². The fourth-order valence-corrected chi connectivity index (χ4v) is 2.21. The normalized spacial score (nSPS) is 14.5. The van der Waals surface area contributed by atoms with Gasteiger partial charge in [-0.05, 0) is 49.6 Å². The summed E-state index contributed by atoms with van der Waals surface area (Å²) in [7, 11) is 0. The Balaban J connectivity index is 2.70. The summed E-state index contributed by atoms with van der Waals surface area (Å²) in [5.74, 6) is 1.39. The molecule has 1 rings (SSSR count). The molecule has 1 unspecified atom stereocenters. The molecule has 0 aliphatic carbocycles. The Morgan fingerprint density at radius 3 is 2.53 bits per heavy atom. The number of hydrogen-bond acceptors (Lipinski definition) is 3. The van der Waals surface area contributed by atoms with Crippen molar-refractivity contribution < 1.29 is 9.84 Å². The van der Waals surface area contributed by atoms with Crippen LogP contribution in [0.2, 0.25) is 0 Å². The molecule has 0 saturated heterocycles. The molecular formula is C16H27NO2. The molecule has 1 aromatic rings. The number of rotatable bonds is 7. The lowest BCUT2D eigenvalue weighted by molar-refractivity contribution is 0.117. The molecule has 0 radical (unpaired) electrons. The Morgan fingerprint density at radius 1 is 1.37 bits per heavy atom. The highest BCUT2D eigenvalue weighted by Crippen LogP contribution is 2.24. The number of aliphatic hydroxyl groups excluding tert-OH is 1. The van der Waals surface area contributed by atoms with E-state index in [9.17, 15) is 5.11 Å². The van der Waals surface area contributed by atoms with Crippen LogP contribution in [-0.4, -0.2) is 30.4 Å². The van der Waals surface area contributed by atoms with Crippen molar-refractivity contribution in [3.63, 3.8) is 0 Å². The van der Waals surface area contributed by atoms with Gasteiger partial charge in [0.1, 0.15) is 12.4 Å². The third kappa shape index (κ3) is 4.51. The number of hydrogen-bond donors (Lipinski definition) is 2. The minimum absolute atomic E-state index is 0.0594. The number of likely N-dealkylation sites (N-methyl/N-ethyl adjacent to an activating group) is 1. The molecule has 3 nitrogen and oxygen atoms in total. The van der Waals surface area contributed by atoms with Crippen LogP contribution in [0.1, 0.15) is 44.7 Å². The molecule has 0 bridgehead atoms. The highest BCUT2D eigenvalue weighted by atomic mass is 16.5. The highest BCUT2D eigenvalue weighted by molar-refractivity contribution is 5.36. The fourth-order valence-electron chi connectivity index (χ4n) is 2.21. The van der Waals surface area contributed by atoms with Gasteiger partial charge >= 0.3 is 0 Å². The van der Waals surface area contributed by atoms with Crippen LogP contribution in [0, 0.1) is 6.92 Å². The Bertz CT molecular complexity index is 404. The van der Waals surface area contributed by atoms with Gasteiger partial charge < -0.3 is 15.2 Å². The first-order valence-electron chi connectivity index (χ1n) is 7.01. The molecule has 2 N–H and O–H groups in total. The zero-order valence-corrected chi connectivity index (χ0v) is 12.8. The molecule has 108 valence electrons. The Morgan fingerprint density at radius 2 is 2.05 bits per heavy atom. The van der Waals surface area contributed by atoms with Gasteiger partial charge in [0.25, 0.3) is 0 Å². The van der Waals surface area contributed by atoms with Crippen LogP contribution in [0.5, 0.6) is 5.75 Å². The molecule has 0 saturated carbocycles. The summed E-state index contributed by atoms with van der Waals surface area (Å²) in [5, 5.41) is 12.7. The lowest BCUT2D eigenvalue weighted by atomic mass is 9.98. The second-order valence-electron chi connectivity index (χ2n) is 5.71. The fraction of sp³-hybridized carbons (Fsp3) is 0.625. The van der Waals surface area contributed by atoms with Gasteiger partial charge in [-0.15, -0.1) is 0 Å². The van der Waals surface area contributed by atoms with Crippen molar-refractivity contribution in [2.75, 3.05) is 19.8 Å². The standard InChI is InChI=1S/C16H27NO2/c1-6-17-16(5,10-18)11-19-14-7-8-15(12(2)3)13(4)9-14/h7-9,12,17-18H,6,10-11H2,1-5H3. The van der Waals surface area contributed by atoms with Gasteiger partial charge in [-0.25, -0.2) is 0 Å². The van der Waals surface area contributed by atoms with Crippen LogP contribution in [0.15, 0.2) is 18.2 Å². The first-order valence-corrected chi connectivity index (χ1v) is 7.01. The van der Waals surface area contributed by atoms with Crippen molar-refractivity contribution in [1.82, 2.24) is 5.32 Å². The van der Waals surface area contributed by atoms with Gasteiger partial charge in [0.05, 0.1) is 12.1 Å². The second-order valence-corrected chi connectivity index (χ2v) is 5.71. The maximum Gasteiger partial charge on any atom is 0.119 e. The van der Waals surface area contributed by atoms with E-state index in [0.29, 0.717) is 12.5 Å². The topological polar surface area (TPSA) is 41.5 Å². The molecule has 1 atom stereocenters. The summed E-state index contributed by atoms with van der Waals surface area (Å²) in [6, 6.07) is 6.20. The molecule has 0 aromatic heterocycles. The minimum Gasteiger partial charge on any atom is -0.492 e. The molecule has 0 aliphatic rings. The molecule has 0 amide bonds. The number of aryl methyl sites for hydroxylation is 1. The summed E-state index contributed by atoms with van der Waals surface area (Å²) in [4.78, 5) is 0. The summed E-state index contributed by atoms with van der Waals surface area (Å²) >= 11 is 0. The third-order valence-electron chi connectivity index (χ3n) is 3.37. The smallest absolute Gasteiger partial charge is 0.119 e. The molecule has 0 heterocycles. The van der Waals surface area contributed by atoms with E-state index in [0.717, 1.165) is 12.3 Å². The highest BCUT2D eigenvalue weighted by Gasteiger charge is 2.22. The predicted octanol–water partition coefficient (Wildman–Crippen LogP) is 2.86. The summed E-state index contributed by atoms with van der Waals surface area (Å²) in [6.45, 7) is 11.8. The van der Waals surface area contributed by atoms with Crippen molar-refractivity contribution >= 4 is 0 Å². The van der Waals surface area contributed by atoms with Gasteiger partial charge in [0.2, 0.25) is 0 Å². The third-order valence-corrected chi connectivity index (χ3v) is 3.37. The van der Waals surface area contributed by atoms with E-state index in [1.807, 2.05) is 19.9 Å². The molecule has 0 fully saturated rings. The predicted molar refractivity (Wildman–Crippen MR) is 79.9 cm³/mol. The zero-order valence-electron chi connectivity index (χ0n) is 12.8. The first-order chi connectivity index (χ1) is 8.91. The summed E-state index contributed by atoms with van der Waals surface area (Å²) in [6.07, 6.45) is 0. The molecular weight excluding hydrogens is 238 g/mol. The first kappa shape index (κ1) is 16.0. The molecule has 1 aromatic carbocycles. The molecule has 0 aliphatic heterocycles. The van der Waals surface area contributed by atoms with Crippen molar-refractivity contribution in [3.05, 3.63) is 29.3 Å². The summed E-state index contributed by atoms with van der Waals surface area (Å²) in [5.41, 5.74) is 2.21. The number of benzene rings is 1. The minimum atomic E-state index is -0.390. The SMILES string of the molecule is CCNC(C)(CO)COc1ccc(C(C)C)c(C)c1. The van der Waals surface area contributed by atoms with Crippen molar-refractivity contribution in [3.8, 4) is 5.75 Å². The average Bonchev–Trinajstić information content (AvgIpc) is 2.36. The Labute approximate surface area is 117 Å². The maximum absolute atomic E-state index is 9.42. The van der Waals surface area contributed by atoms with Gasteiger partial charge in [0.15, 0.2) is 0 Å². The van der Waals surface area contributed by atoms with Crippen molar-refractivity contribution in [2.24, 2.45) is 0 Å². The lowest BCUT2D eigenvalue weighted by Gasteiger charge is -2.28. The van der Waals surface area contributed by atoms with Crippen LogP contribution in [0.25, 0.3) is 0 Å².